The van der Waals surface area contributed by atoms with Crippen molar-refractivity contribution < 1.29 is 22.7 Å². The van der Waals surface area contributed by atoms with Crippen LogP contribution in [-0.4, -0.2) is 47.2 Å². The summed E-state index contributed by atoms with van der Waals surface area (Å²) in [5, 5.41) is 2.78. The molecule has 1 N–H and O–H groups in total. The molecule has 8 heteroatoms. The second kappa shape index (κ2) is 9.07. The number of amides is 1. The van der Waals surface area contributed by atoms with Gasteiger partial charge in [0, 0.05) is 19.2 Å². The third kappa shape index (κ3) is 4.82. The molecular weight excluding hydrogens is 380 g/mol. The molecule has 0 bridgehead atoms. The molecule has 28 heavy (non-hydrogen) atoms. The zero-order valence-corrected chi connectivity index (χ0v) is 16.5. The lowest BCUT2D eigenvalue weighted by atomic mass is 10.2. The van der Waals surface area contributed by atoms with Gasteiger partial charge in [-0.25, -0.2) is 8.42 Å². The van der Waals surface area contributed by atoms with Crippen LogP contribution in [0.15, 0.2) is 59.5 Å². The number of rotatable bonds is 8. The van der Waals surface area contributed by atoms with Crippen LogP contribution in [0.3, 0.4) is 0 Å². The highest BCUT2D eigenvalue weighted by atomic mass is 32.2. The summed E-state index contributed by atoms with van der Waals surface area (Å²) in [4.78, 5) is 12.6. The Kier molecular flexibility index (Phi) is 6.53. The van der Waals surface area contributed by atoms with Crippen LogP contribution in [0.1, 0.15) is 12.8 Å². The second-order valence-electron chi connectivity index (χ2n) is 6.47. The average molecular weight is 404 g/mol. The topological polar surface area (TPSA) is 84.9 Å². The van der Waals surface area contributed by atoms with Crippen LogP contribution in [0, 0.1) is 0 Å². The van der Waals surface area contributed by atoms with Crippen molar-refractivity contribution in [2.75, 3.05) is 31.1 Å². The zero-order valence-electron chi connectivity index (χ0n) is 15.7. The fourth-order valence-corrected chi connectivity index (χ4v) is 4.45. The van der Waals surface area contributed by atoms with Gasteiger partial charge in [0.15, 0.2) is 0 Å². The molecule has 1 atom stereocenters. The molecule has 1 aliphatic rings. The maximum Gasteiger partial charge on any atom is 0.264 e. The fourth-order valence-electron chi connectivity index (χ4n) is 3.02. The first-order valence-corrected chi connectivity index (χ1v) is 10.5. The van der Waals surface area contributed by atoms with E-state index in [1.165, 1.54) is 19.2 Å². The molecule has 150 valence electrons. The quantitative estimate of drug-likeness (QED) is 0.729. The summed E-state index contributed by atoms with van der Waals surface area (Å²) >= 11 is 0. The van der Waals surface area contributed by atoms with Crippen LogP contribution in [0.2, 0.25) is 0 Å². The van der Waals surface area contributed by atoms with Crippen molar-refractivity contribution in [3.8, 4) is 5.75 Å². The van der Waals surface area contributed by atoms with E-state index in [0.717, 1.165) is 17.1 Å². The first-order chi connectivity index (χ1) is 13.5. The van der Waals surface area contributed by atoms with Crippen LogP contribution in [0.25, 0.3) is 0 Å². The van der Waals surface area contributed by atoms with Gasteiger partial charge in [0.2, 0.25) is 5.91 Å². The number of sulfonamides is 1. The van der Waals surface area contributed by atoms with Crippen LogP contribution in [0.4, 0.5) is 5.69 Å². The maximum absolute atomic E-state index is 13.2. The molecule has 0 spiro atoms. The number of nitrogens with one attached hydrogen (secondary N) is 1. The number of nitrogens with zero attached hydrogens (tertiary/aromatic N) is 1. The average Bonchev–Trinajstić information content (AvgIpc) is 3.25. The van der Waals surface area contributed by atoms with Crippen LogP contribution in [-0.2, 0) is 19.6 Å². The van der Waals surface area contributed by atoms with Gasteiger partial charge in [-0.15, -0.1) is 0 Å². The van der Waals surface area contributed by atoms with Crippen LogP contribution < -0.4 is 14.4 Å². The Morgan fingerprint density at radius 2 is 2.00 bits per heavy atom. The summed E-state index contributed by atoms with van der Waals surface area (Å²) in [6, 6.07) is 14.7. The van der Waals surface area contributed by atoms with Gasteiger partial charge in [0.25, 0.3) is 10.0 Å². The Morgan fingerprint density at radius 1 is 1.21 bits per heavy atom. The molecule has 1 heterocycles. The number of anilines is 1. The number of methoxy groups -OCH3 is 1. The molecular formula is C20H24N2O5S. The minimum Gasteiger partial charge on any atom is -0.497 e. The van der Waals surface area contributed by atoms with E-state index < -0.39 is 15.9 Å². The minimum absolute atomic E-state index is 0.0139. The molecule has 0 aromatic heterocycles. The molecule has 1 unspecified atom stereocenters. The maximum atomic E-state index is 13.2. The third-order valence-electron chi connectivity index (χ3n) is 4.51. The van der Waals surface area contributed by atoms with Gasteiger partial charge < -0.3 is 14.8 Å². The number of benzene rings is 2. The van der Waals surface area contributed by atoms with Gasteiger partial charge >= 0.3 is 0 Å². The summed E-state index contributed by atoms with van der Waals surface area (Å²) in [5.41, 5.74) is 0.357. The van der Waals surface area contributed by atoms with E-state index in [2.05, 4.69) is 5.32 Å². The van der Waals surface area contributed by atoms with E-state index in [4.69, 9.17) is 9.47 Å². The first kappa shape index (κ1) is 20.2. The molecule has 2 aromatic rings. The number of hydrogen-bond acceptors (Lipinski definition) is 5. The van der Waals surface area contributed by atoms with E-state index >= 15 is 0 Å². The van der Waals surface area contributed by atoms with E-state index in [1.807, 2.05) is 0 Å². The predicted octanol–water partition coefficient (Wildman–Crippen LogP) is 2.19. The van der Waals surface area contributed by atoms with Gasteiger partial charge in [-0.3, -0.25) is 9.10 Å². The monoisotopic (exact) mass is 404 g/mol. The highest BCUT2D eigenvalue weighted by molar-refractivity contribution is 7.92. The van der Waals surface area contributed by atoms with Gasteiger partial charge in [0.05, 0.1) is 23.8 Å². The van der Waals surface area contributed by atoms with Crippen molar-refractivity contribution >= 4 is 21.6 Å². The predicted molar refractivity (Wildman–Crippen MR) is 106 cm³/mol. The molecule has 1 amide bonds. The highest BCUT2D eigenvalue weighted by Crippen LogP contribution is 2.26. The van der Waals surface area contributed by atoms with Crippen molar-refractivity contribution in [1.29, 1.82) is 0 Å². The lowest BCUT2D eigenvalue weighted by molar-refractivity contribution is -0.120. The van der Waals surface area contributed by atoms with E-state index in [-0.39, 0.29) is 17.5 Å². The third-order valence-corrected chi connectivity index (χ3v) is 6.30. The second-order valence-corrected chi connectivity index (χ2v) is 8.33. The van der Waals surface area contributed by atoms with Crippen molar-refractivity contribution in [2.24, 2.45) is 0 Å². The lowest BCUT2D eigenvalue weighted by Crippen LogP contribution is -2.42. The summed E-state index contributed by atoms with van der Waals surface area (Å²) in [6.07, 6.45) is 1.85. The number of hydrogen-bond donors (Lipinski definition) is 1. The molecule has 0 aliphatic carbocycles. The van der Waals surface area contributed by atoms with Crippen molar-refractivity contribution in [3.63, 3.8) is 0 Å². The molecule has 7 nitrogen and oxygen atoms in total. The summed E-state index contributed by atoms with van der Waals surface area (Å²) in [7, 11) is -2.42. The largest absolute Gasteiger partial charge is 0.497 e. The minimum atomic E-state index is -3.93. The summed E-state index contributed by atoms with van der Waals surface area (Å²) < 4.78 is 38.2. The summed E-state index contributed by atoms with van der Waals surface area (Å²) in [6.45, 7) is 0.728. The SMILES string of the molecule is COc1cccc(N(CC(=O)NCC2CCCO2)S(=O)(=O)c2ccccc2)c1. The molecule has 1 aliphatic heterocycles. The van der Waals surface area contributed by atoms with Gasteiger partial charge in [0.1, 0.15) is 12.3 Å². The van der Waals surface area contributed by atoms with Gasteiger partial charge in [-0.05, 0) is 37.1 Å². The zero-order chi connectivity index (χ0) is 20.0. The molecule has 2 aromatic carbocycles. The van der Waals surface area contributed by atoms with Crippen LogP contribution >= 0.6 is 0 Å². The highest BCUT2D eigenvalue weighted by Gasteiger charge is 2.27. The molecule has 1 saturated heterocycles. The first-order valence-electron chi connectivity index (χ1n) is 9.11. The number of carbonyl (C=O) groups is 1. The Balaban J connectivity index is 1.84. The molecule has 1 fully saturated rings. The fraction of sp³-hybridized carbons (Fsp3) is 0.350. The Bertz CT molecular complexity index is 896. The van der Waals surface area contributed by atoms with Crippen molar-refractivity contribution in [1.82, 2.24) is 5.32 Å². The van der Waals surface area contributed by atoms with Gasteiger partial charge in [-0.1, -0.05) is 24.3 Å². The lowest BCUT2D eigenvalue weighted by Gasteiger charge is -2.24. The normalized spacial score (nSPS) is 16.5. The van der Waals surface area contributed by atoms with E-state index in [1.54, 1.807) is 42.5 Å². The van der Waals surface area contributed by atoms with Gasteiger partial charge in [-0.2, -0.15) is 0 Å². The molecule has 0 radical (unpaired) electrons. The Hall–Kier alpha value is -2.58. The van der Waals surface area contributed by atoms with Crippen molar-refractivity contribution in [2.45, 2.75) is 23.8 Å². The van der Waals surface area contributed by atoms with Crippen LogP contribution in [0.5, 0.6) is 5.75 Å². The standard InChI is InChI=1S/C20H24N2O5S/c1-26-17-8-5-7-16(13-17)22(28(24,25)19-10-3-2-4-11-19)15-20(23)21-14-18-9-6-12-27-18/h2-5,7-8,10-11,13,18H,6,9,12,14-15H2,1H3,(H,21,23). The Labute approximate surface area is 165 Å². The molecule has 0 saturated carbocycles. The summed E-state index contributed by atoms with van der Waals surface area (Å²) in [5.74, 6) is 0.114. The molecule has 3 rings (SSSR count). The Morgan fingerprint density at radius 3 is 2.68 bits per heavy atom. The number of ether oxygens (including phenoxy) is 2. The van der Waals surface area contributed by atoms with Crippen molar-refractivity contribution in [3.05, 3.63) is 54.6 Å². The smallest absolute Gasteiger partial charge is 0.264 e. The number of carbonyl (C=O) groups excluding carboxylic acids is 1. The van der Waals surface area contributed by atoms with E-state index in [9.17, 15) is 13.2 Å². The van der Waals surface area contributed by atoms with E-state index in [0.29, 0.717) is 24.6 Å².